The van der Waals surface area contributed by atoms with Gasteiger partial charge in [0.15, 0.2) is 0 Å². The summed E-state index contributed by atoms with van der Waals surface area (Å²) in [5.74, 6) is 0. The number of rotatable bonds is 3. The lowest BCUT2D eigenvalue weighted by Crippen LogP contribution is -2.05. The second-order valence-corrected chi connectivity index (χ2v) is 4.08. The van der Waals surface area contributed by atoms with Crippen LogP contribution in [-0.4, -0.2) is 16.5 Å². The fourth-order valence-electron chi connectivity index (χ4n) is 1.98. The van der Waals surface area contributed by atoms with E-state index in [4.69, 9.17) is 10.2 Å². The summed E-state index contributed by atoms with van der Waals surface area (Å²) in [5.41, 5.74) is 9.09. The Balaban J connectivity index is 2.11. The highest BCUT2D eigenvalue weighted by atomic mass is 16.3. The molecule has 0 saturated heterocycles. The highest BCUT2D eigenvalue weighted by Gasteiger charge is 2.09. The van der Waals surface area contributed by atoms with Crippen LogP contribution in [0.5, 0.6) is 0 Å². The van der Waals surface area contributed by atoms with Crippen LogP contribution in [0.25, 0.3) is 22.2 Å². The number of fused-ring (bicyclic) bond motifs is 1. The molecule has 4 heteroatoms. The van der Waals surface area contributed by atoms with Gasteiger partial charge in [-0.15, -0.1) is 0 Å². The maximum absolute atomic E-state index is 5.53. The van der Waals surface area contributed by atoms with Gasteiger partial charge < -0.3 is 10.2 Å². The number of nitrogens with zero attached hydrogens (tertiary/aromatic N) is 2. The van der Waals surface area contributed by atoms with Crippen molar-refractivity contribution in [1.29, 1.82) is 0 Å². The fraction of sp³-hybridized carbons (Fsp3) is 0.143. The topological polar surface area (TPSA) is 64.9 Å². The minimum Gasteiger partial charge on any atom is -0.464 e. The van der Waals surface area contributed by atoms with Gasteiger partial charge in [0.05, 0.1) is 17.6 Å². The van der Waals surface area contributed by atoms with Crippen LogP contribution in [0.15, 0.2) is 47.3 Å². The molecule has 3 aromatic rings. The van der Waals surface area contributed by atoms with E-state index < -0.39 is 0 Å². The Morgan fingerprint density at radius 3 is 2.94 bits per heavy atom. The first kappa shape index (κ1) is 10.9. The van der Waals surface area contributed by atoms with Crippen molar-refractivity contribution in [2.45, 2.75) is 6.42 Å². The van der Waals surface area contributed by atoms with Crippen LogP contribution >= 0.6 is 0 Å². The van der Waals surface area contributed by atoms with Gasteiger partial charge in [-0.2, -0.15) is 0 Å². The lowest BCUT2D eigenvalue weighted by molar-refractivity contribution is 0.616. The SMILES string of the molecule is NCCc1cncc(-c2coc3ccccc23)n1. The predicted molar refractivity (Wildman–Crippen MR) is 70.0 cm³/mol. The van der Waals surface area contributed by atoms with Crippen LogP contribution in [-0.2, 0) is 6.42 Å². The molecule has 0 aliphatic heterocycles. The number of hydrogen-bond acceptors (Lipinski definition) is 4. The van der Waals surface area contributed by atoms with Crippen LogP contribution in [0.3, 0.4) is 0 Å². The van der Waals surface area contributed by atoms with Crippen molar-refractivity contribution in [3.05, 3.63) is 48.6 Å². The summed E-state index contributed by atoms with van der Waals surface area (Å²) in [6.07, 6.45) is 5.95. The van der Waals surface area contributed by atoms with Gasteiger partial charge in [-0.05, 0) is 12.6 Å². The Bertz CT molecular complexity index is 675. The Hall–Kier alpha value is -2.20. The lowest BCUT2D eigenvalue weighted by atomic mass is 10.1. The zero-order valence-corrected chi connectivity index (χ0v) is 9.84. The van der Waals surface area contributed by atoms with Crippen molar-refractivity contribution in [3.8, 4) is 11.3 Å². The molecular weight excluding hydrogens is 226 g/mol. The molecule has 0 atom stereocenters. The standard InChI is InChI=1S/C14H13N3O/c15-6-5-10-7-16-8-13(17-10)12-9-18-14-4-2-1-3-11(12)14/h1-4,7-9H,5-6,15H2. The van der Waals surface area contributed by atoms with E-state index in [0.717, 1.165) is 34.3 Å². The van der Waals surface area contributed by atoms with Gasteiger partial charge >= 0.3 is 0 Å². The van der Waals surface area contributed by atoms with Gasteiger partial charge in [-0.3, -0.25) is 4.98 Å². The molecule has 3 rings (SSSR count). The van der Waals surface area contributed by atoms with E-state index in [2.05, 4.69) is 9.97 Å². The van der Waals surface area contributed by atoms with Gasteiger partial charge in [0, 0.05) is 23.6 Å². The highest BCUT2D eigenvalue weighted by Crippen LogP contribution is 2.28. The smallest absolute Gasteiger partial charge is 0.134 e. The molecule has 90 valence electrons. The van der Waals surface area contributed by atoms with Gasteiger partial charge in [-0.1, -0.05) is 18.2 Å². The number of benzene rings is 1. The Kier molecular flexibility index (Phi) is 2.78. The number of hydrogen-bond donors (Lipinski definition) is 1. The molecule has 2 heterocycles. The van der Waals surface area contributed by atoms with E-state index in [9.17, 15) is 0 Å². The zero-order valence-electron chi connectivity index (χ0n) is 9.84. The third-order valence-corrected chi connectivity index (χ3v) is 2.84. The Morgan fingerprint density at radius 2 is 2.06 bits per heavy atom. The van der Waals surface area contributed by atoms with Crippen LogP contribution in [0.1, 0.15) is 5.69 Å². The molecule has 0 aliphatic rings. The summed E-state index contributed by atoms with van der Waals surface area (Å²) in [6, 6.07) is 7.89. The van der Waals surface area contributed by atoms with Crippen molar-refractivity contribution >= 4 is 11.0 Å². The highest BCUT2D eigenvalue weighted by molar-refractivity contribution is 5.92. The monoisotopic (exact) mass is 239 g/mol. The van der Waals surface area contributed by atoms with Gasteiger partial charge in [0.2, 0.25) is 0 Å². The minimum absolute atomic E-state index is 0.574. The molecule has 0 amide bonds. The molecule has 2 aromatic heterocycles. The largest absolute Gasteiger partial charge is 0.464 e. The summed E-state index contributed by atoms with van der Waals surface area (Å²) >= 11 is 0. The number of nitrogens with two attached hydrogens (primary N) is 1. The molecule has 0 radical (unpaired) electrons. The number of furan rings is 1. The minimum atomic E-state index is 0.574. The van der Waals surface area contributed by atoms with Crippen molar-refractivity contribution in [2.24, 2.45) is 5.73 Å². The summed E-state index contributed by atoms with van der Waals surface area (Å²) < 4.78 is 5.51. The average molecular weight is 239 g/mol. The third kappa shape index (κ3) is 1.87. The lowest BCUT2D eigenvalue weighted by Gasteiger charge is -2.01. The summed E-state index contributed by atoms with van der Waals surface area (Å²) in [7, 11) is 0. The molecule has 0 unspecified atom stereocenters. The van der Waals surface area contributed by atoms with E-state index >= 15 is 0 Å². The van der Waals surface area contributed by atoms with E-state index in [1.807, 2.05) is 24.3 Å². The molecular formula is C14H13N3O. The maximum Gasteiger partial charge on any atom is 0.134 e. The van der Waals surface area contributed by atoms with E-state index in [1.54, 1.807) is 18.7 Å². The molecule has 2 N–H and O–H groups in total. The van der Waals surface area contributed by atoms with Crippen molar-refractivity contribution < 1.29 is 4.42 Å². The van der Waals surface area contributed by atoms with Crippen LogP contribution in [0.4, 0.5) is 0 Å². The van der Waals surface area contributed by atoms with Gasteiger partial charge in [-0.25, -0.2) is 4.98 Å². The fourth-order valence-corrected chi connectivity index (χ4v) is 1.98. The maximum atomic E-state index is 5.53. The molecule has 18 heavy (non-hydrogen) atoms. The molecule has 0 spiro atoms. The van der Waals surface area contributed by atoms with E-state index in [1.165, 1.54) is 0 Å². The molecule has 0 bridgehead atoms. The first-order chi connectivity index (χ1) is 8.88. The first-order valence-corrected chi connectivity index (χ1v) is 5.86. The second-order valence-electron chi connectivity index (χ2n) is 4.08. The van der Waals surface area contributed by atoms with E-state index in [0.29, 0.717) is 6.54 Å². The zero-order chi connectivity index (χ0) is 12.4. The predicted octanol–water partition coefficient (Wildman–Crippen LogP) is 2.39. The van der Waals surface area contributed by atoms with Crippen molar-refractivity contribution in [2.75, 3.05) is 6.54 Å². The third-order valence-electron chi connectivity index (χ3n) is 2.84. The van der Waals surface area contributed by atoms with Crippen molar-refractivity contribution in [1.82, 2.24) is 9.97 Å². The summed E-state index contributed by atoms with van der Waals surface area (Å²) in [4.78, 5) is 8.76. The van der Waals surface area contributed by atoms with E-state index in [-0.39, 0.29) is 0 Å². The molecule has 0 fully saturated rings. The van der Waals surface area contributed by atoms with Crippen molar-refractivity contribution in [3.63, 3.8) is 0 Å². The Labute approximate surface area is 104 Å². The molecule has 1 aromatic carbocycles. The second kappa shape index (κ2) is 4.58. The normalized spacial score (nSPS) is 10.9. The van der Waals surface area contributed by atoms with Crippen LogP contribution < -0.4 is 5.73 Å². The molecule has 0 aliphatic carbocycles. The van der Waals surface area contributed by atoms with Crippen LogP contribution in [0, 0.1) is 0 Å². The van der Waals surface area contributed by atoms with Gasteiger partial charge in [0.25, 0.3) is 0 Å². The van der Waals surface area contributed by atoms with Crippen LogP contribution in [0.2, 0.25) is 0 Å². The number of aromatic nitrogens is 2. The average Bonchev–Trinajstić information content (AvgIpc) is 2.83. The summed E-state index contributed by atoms with van der Waals surface area (Å²) in [6.45, 7) is 0.574. The molecule has 4 nitrogen and oxygen atoms in total. The quantitative estimate of drug-likeness (QED) is 0.762. The first-order valence-electron chi connectivity index (χ1n) is 5.86. The van der Waals surface area contributed by atoms with Gasteiger partial charge in [0.1, 0.15) is 11.8 Å². The number of para-hydroxylation sites is 1. The molecule has 0 saturated carbocycles. The Morgan fingerprint density at radius 1 is 1.17 bits per heavy atom. The summed E-state index contributed by atoms with van der Waals surface area (Å²) in [5, 5.41) is 1.05.